The third-order valence-corrected chi connectivity index (χ3v) is 8.26. The third-order valence-electron chi connectivity index (χ3n) is 6.67. The lowest BCUT2D eigenvalue weighted by atomic mass is 10.1. The predicted octanol–water partition coefficient (Wildman–Crippen LogP) is 6.35. The number of rotatable bonds is 6. The second-order valence-electron chi connectivity index (χ2n) is 9.29. The summed E-state index contributed by atoms with van der Waals surface area (Å²) in [5.74, 6) is -0.0753. The maximum atomic E-state index is 13.7. The van der Waals surface area contributed by atoms with Crippen molar-refractivity contribution in [3.63, 3.8) is 0 Å². The highest BCUT2D eigenvalue weighted by Gasteiger charge is 2.32. The van der Waals surface area contributed by atoms with Crippen LogP contribution in [0.5, 0.6) is 0 Å². The second-order valence-corrected chi connectivity index (χ2v) is 11.5. The highest BCUT2D eigenvalue weighted by atomic mass is 79.9. The normalized spacial score (nSPS) is 15.6. The van der Waals surface area contributed by atoms with Crippen LogP contribution in [0.4, 0.5) is 0 Å². The Labute approximate surface area is 239 Å². The molecule has 7 nitrogen and oxygen atoms in total. The molecule has 0 bridgehead atoms. The van der Waals surface area contributed by atoms with E-state index in [0.29, 0.717) is 42.2 Å². The van der Waals surface area contributed by atoms with E-state index in [4.69, 9.17) is 16.6 Å². The smallest absolute Gasteiger partial charge is 0.257 e. The number of benzene rings is 2. The highest BCUT2D eigenvalue weighted by molar-refractivity contribution is 9.10. The van der Waals surface area contributed by atoms with Gasteiger partial charge in [-0.3, -0.25) is 9.59 Å². The van der Waals surface area contributed by atoms with Crippen molar-refractivity contribution >= 4 is 50.7 Å². The van der Waals surface area contributed by atoms with E-state index in [1.54, 1.807) is 10.9 Å². The van der Waals surface area contributed by atoms with Gasteiger partial charge >= 0.3 is 0 Å². The van der Waals surface area contributed by atoms with E-state index in [1.807, 2.05) is 70.6 Å². The summed E-state index contributed by atoms with van der Waals surface area (Å²) in [5.41, 5.74) is 3.91. The fourth-order valence-electron chi connectivity index (χ4n) is 4.68. The Morgan fingerprint density at radius 1 is 1.08 bits per heavy atom. The topological polar surface area (TPSA) is 71.3 Å². The standard InChI is InChI=1S/C28H27BrClN5O2S/c1-3-4-25-23(15-31-35(25)28-32-24(17-38-28)19-7-11-22(30)12-8-19)27(37)33-13-14-34(18(2)16-33)26(36)20-5-9-21(29)10-6-20/h5-12,15,17-18H,3-4,13-14,16H2,1-2H3. The average molecular weight is 613 g/mol. The molecule has 2 amide bonds. The molecule has 196 valence electrons. The van der Waals surface area contributed by atoms with Gasteiger partial charge in [-0.05, 0) is 49.7 Å². The van der Waals surface area contributed by atoms with Crippen molar-refractivity contribution in [2.75, 3.05) is 19.6 Å². The lowest BCUT2D eigenvalue weighted by molar-refractivity contribution is 0.0414. The first-order valence-electron chi connectivity index (χ1n) is 12.5. The largest absolute Gasteiger partial charge is 0.335 e. The van der Waals surface area contributed by atoms with Crippen LogP contribution in [0.3, 0.4) is 0 Å². The minimum absolute atomic E-state index is 0.0168. The Kier molecular flexibility index (Phi) is 7.97. The molecule has 0 radical (unpaired) electrons. The summed E-state index contributed by atoms with van der Waals surface area (Å²) in [7, 11) is 0. The molecule has 1 atom stereocenters. The number of carbonyl (C=O) groups excluding carboxylic acids is 2. The number of hydrogen-bond donors (Lipinski definition) is 0. The molecule has 1 saturated heterocycles. The van der Waals surface area contributed by atoms with Gasteiger partial charge in [0.15, 0.2) is 0 Å². The molecule has 10 heteroatoms. The summed E-state index contributed by atoms with van der Waals surface area (Å²) < 4.78 is 2.72. The minimum atomic E-state index is -0.102. The zero-order valence-corrected chi connectivity index (χ0v) is 24.3. The maximum Gasteiger partial charge on any atom is 0.257 e. The number of aromatic nitrogens is 3. The first kappa shape index (κ1) is 26.6. The van der Waals surface area contributed by atoms with Gasteiger partial charge in [0.2, 0.25) is 5.13 Å². The van der Waals surface area contributed by atoms with Gasteiger partial charge in [-0.15, -0.1) is 11.3 Å². The van der Waals surface area contributed by atoms with E-state index < -0.39 is 0 Å². The molecule has 2 aromatic heterocycles. The Balaban J connectivity index is 1.34. The fraction of sp³-hybridized carbons (Fsp3) is 0.286. The van der Waals surface area contributed by atoms with Gasteiger partial charge in [-0.1, -0.05) is 53.0 Å². The molecule has 0 saturated carbocycles. The van der Waals surface area contributed by atoms with Crippen molar-refractivity contribution in [2.45, 2.75) is 32.7 Å². The van der Waals surface area contributed by atoms with E-state index in [1.165, 1.54) is 11.3 Å². The molecule has 1 unspecified atom stereocenters. The summed E-state index contributed by atoms with van der Waals surface area (Å²) in [5, 5.41) is 7.96. The van der Waals surface area contributed by atoms with Gasteiger partial charge in [0, 0.05) is 51.7 Å². The van der Waals surface area contributed by atoms with Crippen LogP contribution in [0.25, 0.3) is 16.4 Å². The molecule has 1 aliphatic rings. The quantitative estimate of drug-likeness (QED) is 0.254. The zero-order valence-electron chi connectivity index (χ0n) is 21.1. The number of piperazine rings is 1. The molecule has 38 heavy (non-hydrogen) atoms. The van der Waals surface area contributed by atoms with Gasteiger partial charge in [-0.25, -0.2) is 9.67 Å². The van der Waals surface area contributed by atoms with E-state index in [9.17, 15) is 9.59 Å². The fourth-order valence-corrected chi connectivity index (χ4v) is 5.89. The van der Waals surface area contributed by atoms with Crippen LogP contribution < -0.4 is 0 Å². The summed E-state index contributed by atoms with van der Waals surface area (Å²) in [6, 6.07) is 14.8. The number of thiazole rings is 1. The van der Waals surface area contributed by atoms with Crippen LogP contribution in [0.1, 0.15) is 46.7 Å². The Bertz CT molecular complexity index is 1450. The summed E-state index contributed by atoms with van der Waals surface area (Å²) in [6.45, 7) is 5.49. The van der Waals surface area contributed by atoms with Crippen LogP contribution in [0, 0.1) is 0 Å². The summed E-state index contributed by atoms with van der Waals surface area (Å²) in [4.78, 5) is 35.2. The van der Waals surface area contributed by atoms with Crippen molar-refractivity contribution in [3.05, 3.63) is 86.4 Å². The van der Waals surface area contributed by atoms with E-state index >= 15 is 0 Å². The van der Waals surface area contributed by atoms with Crippen LogP contribution in [0.15, 0.2) is 64.6 Å². The lowest BCUT2D eigenvalue weighted by Crippen LogP contribution is -2.55. The van der Waals surface area contributed by atoms with E-state index in [0.717, 1.165) is 33.0 Å². The van der Waals surface area contributed by atoms with Crippen molar-refractivity contribution in [1.29, 1.82) is 0 Å². The Morgan fingerprint density at radius 2 is 1.82 bits per heavy atom. The molecule has 0 N–H and O–H groups in total. The number of nitrogens with zero attached hydrogens (tertiary/aromatic N) is 5. The molecule has 1 aliphatic heterocycles. The molecular weight excluding hydrogens is 586 g/mol. The number of halogens is 2. The summed E-state index contributed by atoms with van der Waals surface area (Å²) in [6.07, 6.45) is 3.22. The van der Waals surface area contributed by atoms with Gasteiger partial charge in [0.05, 0.1) is 23.1 Å². The first-order chi connectivity index (χ1) is 18.4. The predicted molar refractivity (Wildman–Crippen MR) is 154 cm³/mol. The SMILES string of the molecule is CCCc1c(C(=O)N2CCN(C(=O)c3ccc(Br)cc3)C(C)C2)cnn1-c1nc(-c2ccc(Cl)cc2)cs1. The first-order valence-corrected chi connectivity index (χ1v) is 14.5. The molecular formula is C28H27BrClN5O2S. The molecule has 0 spiro atoms. The summed E-state index contributed by atoms with van der Waals surface area (Å²) >= 11 is 10.9. The molecule has 1 fully saturated rings. The van der Waals surface area contributed by atoms with Gasteiger partial charge in [0.1, 0.15) is 0 Å². The van der Waals surface area contributed by atoms with Crippen molar-refractivity contribution in [3.8, 4) is 16.4 Å². The van der Waals surface area contributed by atoms with Crippen LogP contribution in [0.2, 0.25) is 5.02 Å². The van der Waals surface area contributed by atoms with Crippen molar-refractivity contribution in [2.24, 2.45) is 0 Å². The van der Waals surface area contributed by atoms with Gasteiger partial charge in [-0.2, -0.15) is 5.10 Å². The van der Waals surface area contributed by atoms with Crippen LogP contribution in [-0.2, 0) is 6.42 Å². The lowest BCUT2D eigenvalue weighted by Gasteiger charge is -2.40. The van der Waals surface area contributed by atoms with Crippen molar-refractivity contribution in [1.82, 2.24) is 24.6 Å². The monoisotopic (exact) mass is 611 g/mol. The minimum Gasteiger partial charge on any atom is -0.335 e. The van der Waals surface area contributed by atoms with E-state index in [2.05, 4.69) is 28.0 Å². The molecule has 4 aromatic rings. The van der Waals surface area contributed by atoms with E-state index in [-0.39, 0.29) is 17.9 Å². The molecule has 0 aliphatic carbocycles. The highest BCUT2D eigenvalue weighted by Crippen LogP contribution is 2.28. The zero-order chi connectivity index (χ0) is 26.8. The average Bonchev–Trinajstić information content (AvgIpc) is 3.56. The van der Waals surface area contributed by atoms with Gasteiger partial charge < -0.3 is 9.80 Å². The number of hydrogen-bond acceptors (Lipinski definition) is 5. The molecule has 5 rings (SSSR count). The number of amides is 2. The van der Waals surface area contributed by atoms with Crippen molar-refractivity contribution < 1.29 is 9.59 Å². The third kappa shape index (κ3) is 5.41. The Hall–Kier alpha value is -3.01. The maximum absolute atomic E-state index is 13.7. The molecule has 2 aromatic carbocycles. The Morgan fingerprint density at radius 3 is 2.50 bits per heavy atom. The van der Waals surface area contributed by atoms with Crippen LogP contribution >= 0.6 is 38.9 Å². The van der Waals surface area contributed by atoms with Gasteiger partial charge in [0.25, 0.3) is 11.8 Å². The van der Waals surface area contributed by atoms with Crippen LogP contribution in [-0.4, -0.2) is 62.1 Å². The molecule has 3 heterocycles. The second kappa shape index (κ2) is 11.4. The number of carbonyl (C=O) groups is 2.